The fraction of sp³-hybridized carbons (Fsp3) is 0.308. The quantitative estimate of drug-likeness (QED) is 0.180. The number of anilines is 3. The summed E-state index contributed by atoms with van der Waals surface area (Å²) in [5.41, 5.74) is 2.33. The Hall–Kier alpha value is -4.25. The SMILES string of the molecule is O=CCN1CCC(Nc2ncnc3[nH]cc(C(=O)c4ccc(Nc5ccc(C6CC6)nc5)nc4F)c23)C1. The lowest BCUT2D eigenvalue weighted by molar-refractivity contribution is -0.108. The second kappa shape index (κ2) is 9.66. The molecule has 0 spiro atoms. The zero-order chi connectivity index (χ0) is 25.4. The Morgan fingerprint density at radius 2 is 2.03 bits per heavy atom. The molecule has 1 unspecified atom stereocenters. The van der Waals surface area contributed by atoms with Crippen LogP contribution in [-0.2, 0) is 4.79 Å². The van der Waals surface area contributed by atoms with E-state index in [-0.39, 0.29) is 23.0 Å². The minimum absolute atomic E-state index is 0.0625. The van der Waals surface area contributed by atoms with E-state index in [1.54, 1.807) is 12.3 Å². The molecule has 1 saturated carbocycles. The number of H-pyrrole nitrogens is 1. The van der Waals surface area contributed by atoms with E-state index in [0.717, 1.165) is 24.9 Å². The lowest BCUT2D eigenvalue weighted by Gasteiger charge is -2.15. The molecule has 2 aliphatic rings. The highest BCUT2D eigenvalue weighted by Gasteiger charge is 2.26. The Morgan fingerprint density at radius 1 is 1.14 bits per heavy atom. The molecular weight excluding hydrogens is 475 g/mol. The van der Waals surface area contributed by atoms with Gasteiger partial charge in [-0.15, -0.1) is 0 Å². The van der Waals surface area contributed by atoms with Crippen LogP contribution in [-0.4, -0.2) is 67.6 Å². The molecule has 1 saturated heterocycles. The third kappa shape index (κ3) is 4.77. The topological polar surface area (TPSA) is 129 Å². The molecule has 4 aromatic rings. The van der Waals surface area contributed by atoms with Gasteiger partial charge in [-0.1, -0.05) is 0 Å². The predicted molar refractivity (Wildman–Crippen MR) is 136 cm³/mol. The Kier molecular flexibility index (Phi) is 6.05. The summed E-state index contributed by atoms with van der Waals surface area (Å²) in [6, 6.07) is 6.90. The van der Waals surface area contributed by atoms with E-state index < -0.39 is 11.7 Å². The highest BCUT2D eigenvalue weighted by Crippen LogP contribution is 2.39. The van der Waals surface area contributed by atoms with Gasteiger partial charge in [0.15, 0.2) is 5.78 Å². The van der Waals surface area contributed by atoms with Crippen LogP contribution in [0.1, 0.15) is 46.8 Å². The lowest BCUT2D eigenvalue weighted by Crippen LogP contribution is -2.27. The fourth-order valence-corrected chi connectivity index (χ4v) is 4.73. The number of pyridine rings is 2. The van der Waals surface area contributed by atoms with Crippen LogP contribution in [0.15, 0.2) is 43.0 Å². The van der Waals surface area contributed by atoms with Gasteiger partial charge in [0.1, 0.15) is 29.9 Å². The molecule has 3 N–H and O–H groups in total. The highest BCUT2D eigenvalue weighted by atomic mass is 19.1. The summed E-state index contributed by atoms with van der Waals surface area (Å²) in [4.78, 5) is 46.2. The summed E-state index contributed by atoms with van der Waals surface area (Å²) in [6.07, 6.45) is 8.68. The van der Waals surface area contributed by atoms with Crippen molar-refractivity contribution >= 4 is 40.4 Å². The molecule has 4 aromatic heterocycles. The van der Waals surface area contributed by atoms with Crippen LogP contribution in [0.2, 0.25) is 0 Å². The van der Waals surface area contributed by atoms with E-state index >= 15 is 4.39 Å². The van der Waals surface area contributed by atoms with Gasteiger partial charge in [0, 0.05) is 36.9 Å². The number of nitrogens with one attached hydrogen (secondary N) is 3. The van der Waals surface area contributed by atoms with Crippen molar-refractivity contribution < 1.29 is 14.0 Å². The lowest BCUT2D eigenvalue weighted by atomic mass is 10.0. The maximum Gasteiger partial charge on any atom is 0.226 e. The molecule has 37 heavy (non-hydrogen) atoms. The van der Waals surface area contributed by atoms with Gasteiger partial charge >= 0.3 is 0 Å². The molecule has 188 valence electrons. The Labute approximate surface area is 211 Å². The molecule has 0 aromatic carbocycles. The number of aromatic nitrogens is 5. The predicted octanol–water partition coefficient (Wildman–Crippen LogP) is 3.42. The normalized spacial score (nSPS) is 17.7. The monoisotopic (exact) mass is 500 g/mol. The summed E-state index contributed by atoms with van der Waals surface area (Å²) in [5, 5.41) is 6.89. The van der Waals surface area contributed by atoms with Gasteiger partial charge in [0.05, 0.1) is 34.9 Å². The number of hydrogen-bond donors (Lipinski definition) is 3. The van der Waals surface area contributed by atoms with Crippen molar-refractivity contribution in [1.82, 2.24) is 29.8 Å². The first-order valence-electron chi connectivity index (χ1n) is 12.3. The number of nitrogens with zero attached hydrogens (tertiary/aromatic N) is 5. The first-order valence-corrected chi connectivity index (χ1v) is 12.3. The van der Waals surface area contributed by atoms with Crippen LogP contribution in [0.4, 0.5) is 21.7 Å². The molecule has 0 radical (unpaired) electrons. The van der Waals surface area contributed by atoms with Crippen LogP contribution >= 0.6 is 0 Å². The van der Waals surface area contributed by atoms with Crippen LogP contribution in [0.25, 0.3) is 11.0 Å². The second-order valence-electron chi connectivity index (χ2n) is 9.44. The van der Waals surface area contributed by atoms with Crippen LogP contribution in [0, 0.1) is 5.95 Å². The standard InChI is InChI=1S/C26H25FN8O2/c27-24-18(4-6-21(34-24)32-16-3-5-20(28-11-16)15-1-2-15)23(37)19-12-29-25-22(19)26(31-14-30-25)33-17-7-8-35(13-17)9-10-36/h3-6,10-12,14-15,17H,1-2,7-9,13H2,(H,32,34)(H2,29,30,31,33). The van der Waals surface area contributed by atoms with Crippen molar-refractivity contribution in [3.05, 3.63) is 65.8 Å². The summed E-state index contributed by atoms with van der Waals surface area (Å²) in [6.45, 7) is 1.86. The number of ketones is 1. The zero-order valence-electron chi connectivity index (χ0n) is 19.9. The van der Waals surface area contributed by atoms with E-state index in [1.807, 2.05) is 17.0 Å². The molecule has 1 aliphatic heterocycles. The Balaban J connectivity index is 1.22. The number of likely N-dealkylation sites (tertiary alicyclic amines) is 1. The van der Waals surface area contributed by atoms with Gasteiger partial charge in [-0.3, -0.25) is 14.7 Å². The van der Waals surface area contributed by atoms with Gasteiger partial charge in [-0.25, -0.2) is 15.0 Å². The Bertz CT molecular complexity index is 1470. The molecule has 10 nitrogen and oxygen atoms in total. The summed E-state index contributed by atoms with van der Waals surface area (Å²) < 4.78 is 15.0. The van der Waals surface area contributed by atoms with Gasteiger partial charge in [0.25, 0.3) is 0 Å². The molecule has 11 heteroatoms. The van der Waals surface area contributed by atoms with Crippen molar-refractivity contribution in [2.75, 3.05) is 30.3 Å². The highest BCUT2D eigenvalue weighted by molar-refractivity contribution is 6.18. The average Bonchev–Trinajstić information content (AvgIpc) is 3.51. The number of rotatable bonds is 9. The van der Waals surface area contributed by atoms with Crippen molar-refractivity contribution in [1.29, 1.82) is 0 Å². The number of aromatic amines is 1. The zero-order valence-corrected chi connectivity index (χ0v) is 19.9. The number of fused-ring (bicyclic) bond motifs is 1. The van der Waals surface area contributed by atoms with Crippen molar-refractivity contribution in [3.8, 4) is 0 Å². The number of aldehydes is 1. The first kappa shape index (κ1) is 23.2. The summed E-state index contributed by atoms with van der Waals surface area (Å²) in [7, 11) is 0. The van der Waals surface area contributed by atoms with E-state index in [2.05, 4.69) is 35.6 Å². The third-order valence-electron chi connectivity index (χ3n) is 6.81. The molecule has 5 heterocycles. The number of halogens is 1. The molecular formula is C26H25FN8O2. The first-order chi connectivity index (χ1) is 18.1. The maximum atomic E-state index is 15.0. The van der Waals surface area contributed by atoms with E-state index in [4.69, 9.17) is 0 Å². The molecule has 2 fully saturated rings. The number of carbonyl (C=O) groups excluding carboxylic acids is 2. The summed E-state index contributed by atoms with van der Waals surface area (Å²) in [5.74, 6) is -0.0818. The van der Waals surface area contributed by atoms with E-state index in [0.29, 0.717) is 41.5 Å². The molecule has 6 rings (SSSR count). The fourth-order valence-electron chi connectivity index (χ4n) is 4.73. The minimum Gasteiger partial charge on any atom is -0.365 e. The van der Waals surface area contributed by atoms with Crippen molar-refractivity contribution in [3.63, 3.8) is 0 Å². The van der Waals surface area contributed by atoms with E-state index in [9.17, 15) is 9.59 Å². The van der Waals surface area contributed by atoms with Crippen LogP contribution in [0.5, 0.6) is 0 Å². The minimum atomic E-state index is -0.876. The van der Waals surface area contributed by atoms with Crippen molar-refractivity contribution in [2.45, 2.75) is 31.2 Å². The molecule has 1 atom stereocenters. The molecule has 1 aliphatic carbocycles. The third-order valence-corrected chi connectivity index (χ3v) is 6.81. The average molecular weight is 501 g/mol. The number of carbonyl (C=O) groups is 2. The largest absolute Gasteiger partial charge is 0.365 e. The van der Waals surface area contributed by atoms with Gasteiger partial charge in [0.2, 0.25) is 5.95 Å². The van der Waals surface area contributed by atoms with Gasteiger partial charge < -0.3 is 20.4 Å². The van der Waals surface area contributed by atoms with Crippen LogP contribution in [0.3, 0.4) is 0 Å². The second-order valence-corrected chi connectivity index (χ2v) is 9.44. The van der Waals surface area contributed by atoms with Crippen molar-refractivity contribution in [2.24, 2.45) is 0 Å². The van der Waals surface area contributed by atoms with E-state index in [1.165, 1.54) is 31.4 Å². The van der Waals surface area contributed by atoms with Gasteiger partial charge in [-0.05, 0) is 43.5 Å². The molecule has 0 amide bonds. The smallest absolute Gasteiger partial charge is 0.226 e. The number of hydrogen-bond acceptors (Lipinski definition) is 9. The summed E-state index contributed by atoms with van der Waals surface area (Å²) >= 11 is 0. The molecule has 0 bridgehead atoms. The van der Waals surface area contributed by atoms with Crippen LogP contribution < -0.4 is 10.6 Å². The maximum absolute atomic E-state index is 15.0. The Morgan fingerprint density at radius 3 is 2.78 bits per heavy atom. The van der Waals surface area contributed by atoms with Gasteiger partial charge in [-0.2, -0.15) is 4.39 Å².